The lowest BCUT2D eigenvalue weighted by Gasteiger charge is -2.14. The number of rotatable bonds is 8. The zero-order chi connectivity index (χ0) is 22.7. The predicted octanol–water partition coefficient (Wildman–Crippen LogP) is 6.23. The van der Waals surface area contributed by atoms with Crippen LogP contribution < -0.4 is 5.32 Å². The van der Waals surface area contributed by atoms with E-state index in [9.17, 15) is 4.79 Å². The van der Waals surface area contributed by atoms with E-state index in [2.05, 4.69) is 75.9 Å². The average molecular weight is 484 g/mol. The van der Waals surface area contributed by atoms with Gasteiger partial charge in [0.1, 0.15) is 21.2 Å². The van der Waals surface area contributed by atoms with Crippen LogP contribution in [0.4, 0.5) is 5.13 Å². The zero-order valence-electron chi connectivity index (χ0n) is 18.5. The second kappa shape index (κ2) is 10.1. The van der Waals surface area contributed by atoms with E-state index in [0.29, 0.717) is 17.5 Å². The molecular weight excluding hydrogens is 458 g/mol. The van der Waals surface area contributed by atoms with Gasteiger partial charge in [-0.1, -0.05) is 73.7 Å². The summed E-state index contributed by atoms with van der Waals surface area (Å²) in [6, 6.07) is 8.44. The lowest BCUT2D eigenvalue weighted by atomic mass is 10.1. The van der Waals surface area contributed by atoms with Crippen LogP contribution in [0, 0.1) is 12.8 Å². The summed E-state index contributed by atoms with van der Waals surface area (Å²) in [7, 11) is 0. The van der Waals surface area contributed by atoms with E-state index in [1.165, 1.54) is 28.7 Å². The Morgan fingerprint density at radius 1 is 1.16 bits per heavy atom. The van der Waals surface area contributed by atoms with Crippen molar-refractivity contribution in [3.8, 4) is 11.1 Å². The van der Waals surface area contributed by atoms with Crippen LogP contribution in [0.1, 0.15) is 37.8 Å². The first kappa shape index (κ1) is 22.8. The third-order valence-corrected chi connectivity index (χ3v) is 8.01. The van der Waals surface area contributed by atoms with Gasteiger partial charge in [-0.2, -0.15) is 0 Å². The number of carbonyl (C=O) groups excluding carboxylic acids is 1. The number of hydrogen-bond acceptors (Lipinski definition) is 8. The van der Waals surface area contributed by atoms with Gasteiger partial charge in [0.05, 0.1) is 10.6 Å². The third-order valence-electron chi connectivity index (χ3n) is 4.89. The molecule has 0 radical (unpaired) electrons. The van der Waals surface area contributed by atoms with Crippen LogP contribution in [0.2, 0.25) is 0 Å². The minimum atomic E-state index is -0.295. The number of benzene rings is 1. The van der Waals surface area contributed by atoms with Gasteiger partial charge in [0.15, 0.2) is 0 Å². The van der Waals surface area contributed by atoms with Crippen LogP contribution in [0.3, 0.4) is 0 Å². The van der Waals surface area contributed by atoms with E-state index >= 15 is 0 Å². The highest BCUT2D eigenvalue weighted by Gasteiger charge is 2.23. The molecule has 3 heterocycles. The van der Waals surface area contributed by atoms with E-state index in [4.69, 9.17) is 0 Å². The van der Waals surface area contributed by atoms with Gasteiger partial charge < -0.3 is 0 Å². The van der Waals surface area contributed by atoms with E-state index in [-0.39, 0.29) is 11.2 Å². The normalized spacial score (nSPS) is 12.4. The predicted molar refractivity (Wildman–Crippen MR) is 135 cm³/mol. The number of hydrogen-bond donors (Lipinski definition) is 1. The van der Waals surface area contributed by atoms with Gasteiger partial charge in [0.2, 0.25) is 11.0 Å². The highest BCUT2D eigenvalue weighted by molar-refractivity contribution is 8.00. The summed E-state index contributed by atoms with van der Waals surface area (Å²) in [6.45, 7) is 8.37. The first-order valence-electron chi connectivity index (χ1n) is 10.5. The number of nitrogens with zero attached hydrogens (tertiary/aromatic N) is 4. The van der Waals surface area contributed by atoms with Gasteiger partial charge in [0.25, 0.3) is 0 Å². The SMILES string of the molecule is CCC(Sc1ncnc2scc(-c3ccc(C)cc3)c12)C(=O)Nc1nnc(CC(C)C)s1. The molecule has 4 rings (SSSR count). The number of carbonyl (C=O) groups is 1. The maximum atomic E-state index is 13.0. The number of nitrogens with one attached hydrogen (secondary N) is 1. The fourth-order valence-corrected chi connectivity index (χ4v) is 6.23. The Morgan fingerprint density at radius 3 is 2.66 bits per heavy atom. The molecule has 0 saturated heterocycles. The topological polar surface area (TPSA) is 80.7 Å². The van der Waals surface area contributed by atoms with Crippen molar-refractivity contribution in [1.82, 2.24) is 20.2 Å². The molecule has 0 fully saturated rings. The van der Waals surface area contributed by atoms with Gasteiger partial charge >= 0.3 is 0 Å². The molecular formula is C23H25N5OS3. The molecule has 6 nitrogen and oxygen atoms in total. The van der Waals surface area contributed by atoms with Gasteiger partial charge in [0, 0.05) is 17.4 Å². The van der Waals surface area contributed by atoms with Crippen molar-refractivity contribution in [3.05, 3.63) is 46.5 Å². The number of aromatic nitrogens is 4. The summed E-state index contributed by atoms with van der Waals surface area (Å²) in [6.07, 6.45) is 3.11. The van der Waals surface area contributed by atoms with Crippen LogP contribution in [0.25, 0.3) is 21.3 Å². The molecule has 1 unspecified atom stereocenters. The van der Waals surface area contributed by atoms with Crippen LogP contribution >= 0.6 is 34.4 Å². The molecule has 0 spiro atoms. The van der Waals surface area contributed by atoms with Gasteiger partial charge in [-0.25, -0.2) is 9.97 Å². The van der Waals surface area contributed by atoms with E-state index in [1.807, 2.05) is 6.92 Å². The fourth-order valence-electron chi connectivity index (χ4n) is 3.26. The number of thiophene rings is 1. The first-order chi connectivity index (χ1) is 15.4. The molecule has 1 aromatic carbocycles. The summed E-state index contributed by atoms with van der Waals surface area (Å²) in [5.74, 6) is 0.419. The van der Waals surface area contributed by atoms with Crippen molar-refractivity contribution in [3.63, 3.8) is 0 Å². The lowest BCUT2D eigenvalue weighted by molar-refractivity contribution is -0.115. The number of thioether (sulfide) groups is 1. The van der Waals surface area contributed by atoms with E-state index in [1.54, 1.807) is 17.7 Å². The van der Waals surface area contributed by atoms with E-state index in [0.717, 1.165) is 37.8 Å². The quantitative estimate of drug-likeness (QED) is 0.236. The van der Waals surface area contributed by atoms with Crippen molar-refractivity contribution >= 4 is 55.7 Å². The molecule has 166 valence electrons. The van der Waals surface area contributed by atoms with Crippen LogP contribution in [-0.2, 0) is 11.2 Å². The Bertz CT molecular complexity index is 1220. The van der Waals surface area contributed by atoms with Gasteiger partial charge in [-0.05, 0) is 24.8 Å². The number of amides is 1. The number of anilines is 1. The fraction of sp³-hybridized carbons (Fsp3) is 0.348. The maximum Gasteiger partial charge on any atom is 0.239 e. The Morgan fingerprint density at radius 2 is 1.94 bits per heavy atom. The molecule has 0 aliphatic heterocycles. The minimum Gasteiger partial charge on any atom is -0.300 e. The van der Waals surface area contributed by atoms with Crippen molar-refractivity contribution in [2.45, 2.75) is 50.8 Å². The third kappa shape index (κ3) is 5.16. The maximum absolute atomic E-state index is 13.0. The molecule has 0 aliphatic rings. The van der Waals surface area contributed by atoms with Gasteiger partial charge in [-0.15, -0.1) is 21.5 Å². The lowest BCUT2D eigenvalue weighted by Crippen LogP contribution is -2.24. The summed E-state index contributed by atoms with van der Waals surface area (Å²) in [4.78, 5) is 22.9. The smallest absolute Gasteiger partial charge is 0.239 e. The molecule has 1 atom stereocenters. The number of fused-ring (bicyclic) bond motifs is 1. The highest BCUT2D eigenvalue weighted by Crippen LogP contribution is 2.39. The van der Waals surface area contributed by atoms with Gasteiger partial charge in [-0.3, -0.25) is 10.1 Å². The first-order valence-corrected chi connectivity index (χ1v) is 13.1. The molecule has 0 aliphatic carbocycles. The zero-order valence-corrected chi connectivity index (χ0v) is 20.9. The largest absolute Gasteiger partial charge is 0.300 e. The van der Waals surface area contributed by atoms with Crippen LogP contribution in [0.5, 0.6) is 0 Å². The Kier molecular flexibility index (Phi) is 7.17. The molecule has 32 heavy (non-hydrogen) atoms. The monoisotopic (exact) mass is 483 g/mol. The number of aryl methyl sites for hydroxylation is 1. The van der Waals surface area contributed by atoms with Crippen molar-refractivity contribution < 1.29 is 4.79 Å². The standard InChI is InChI=1S/C23H25N5OS3/c1-5-17(20(29)26-23-28-27-18(32-23)10-13(2)3)31-22-19-16(11-30-21(19)24-12-25-22)15-8-6-14(4)7-9-15/h6-9,11-13,17H,5,10H2,1-4H3,(H,26,28,29). The molecule has 3 aromatic heterocycles. The van der Waals surface area contributed by atoms with Crippen LogP contribution in [0.15, 0.2) is 41.0 Å². The summed E-state index contributed by atoms with van der Waals surface area (Å²) < 4.78 is 0. The molecule has 1 N–H and O–H groups in total. The summed E-state index contributed by atoms with van der Waals surface area (Å²) >= 11 is 4.52. The van der Waals surface area contributed by atoms with E-state index < -0.39 is 0 Å². The molecule has 4 aromatic rings. The average Bonchev–Trinajstić information content (AvgIpc) is 3.39. The Hall–Kier alpha value is -2.36. The second-order valence-corrected chi connectivity index (χ2v) is 11.1. The van der Waals surface area contributed by atoms with Crippen molar-refractivity contribution in [1.29, 1.82) is 0 Å². The Labute approximate surface area is 199 Å². The molecule has 0 bridgehead atoms. The summed E-state index contributed by atoms with van der Waals surface area (Å²) in [5.41, 5.74) is 3.45. The second-order valence-electron chi connectivity index (χ2n) is 7.98. The molecule has 0 saturated carbocycles. The molecule has 1 amide bonds. The minimum absolute atomic E-state index is 0.0800. The van der Waals surface area contributed by atoms with Crippen LogP contribution in [-0.4, -0.2) is 31.3 Å². The summed E-state index contributed by atoms with van der Waals surface area (Å²) in [5, 5.41) is 16.4. The Balaban J connectivity index is 1.57. The molecule has 9 heteroatoms. The van der Waals surface area contributed by atoms with Crippen molar-refractivity contribution in [2.75, 3.05) is 5.32 Å². The van der Waals surface area contributed by atoms with Crippen molar-refractivity contribution in [2.24, 2.45) is 5.92 Å². The highest BCUT2D eigenvalue weighted by atomic mass is 32.2.